The zero-order valence-corrected chi connectivity index (χ0v) is 14.4. The van der Waals surface area contributed by atoms with E-state index in [0.29, 0.717) is 27.0 Å². The topological polar surface area (TPSA) is 63.9 Å². The van der Waals surface area contributed by atoms with Gasteiger partial charge >= 0.3 is 0 Å². The van der Waals surface area contributed by atoms with Crippen molar-refractivity contribution >= 4 is 40.7 Å². The molecule has 0 N–H and O–H groups in total. The molecule has 1 heterocycles. The predicted octanol–water partition coefficient (Wildman–Crippen LogP) is 4.19. The van der Waals surface area contributed by atoms with Gasteiger partial charge in [-0.3, -0.25) is 0 Å². The summed E-state index contributed by atoms with van der Waals surface area (Å²) in [6.07, 6.45) is 0.935. The number of carboxylic acids is 1. The number of hydrogen-bond donors (Lipinski definition) is 0. The van der Waals surface area contributed by atoms with Crippen molar-refractivity contribution in [3.63, 3.8) is 0 Å². The van der Waals surface area contributed by atoms with Gasteiger partial charge in [0.1, 0.15) is 6.07 Å². The van der Waals surface area contributed by atoms with E-state index in [1.165, 1.54) is 11.8 Å². The second-order valence-corrected chi connectivity index (χ2v) is 7.88. The lowest BCUT2D eigenvalue weighted by Gasteiger charge is -2.07. The van der Waals surface area contributed by atoms with E-state index in [4.69, 9.17) is 11.6 Å². The molecule has 3 nitrogen and oxygen atoms in total. The highest BCUT2D eigenvalue weighted by Gasteiger charge is 2.21. The molecule has 0 fully saturated rings. The summed E-state index contributed by atoms with van der Waals surface area (Å²) in [6.45, 7) is 4.10. The van der Waals surface area contributed by atoms with Crippen LogP contribution in [0.1, 0.15) is 35.5 Å². The molecule has 0 saturated carbocycles. The van der Waals surface area contributed by atoms with Gasteiger partial charge in [0.2, 0.25) is 0 Å². The molecule has 0 bridgehead atoms. The number of nitrogens with zero attached hydrogens (tertiary/aromatic N) is 1. The summed E-state index contributed by atoms with van der Waals surface area (Å²) < 4.78 is 0.723. The maximum Gasteiger partial charge on any atom is 0.102 e. The molecule has 1 atom stereocenters. The second-order valence-electron chi connectivity index (χ2n) is 4.71. The standard InChI is InChI=1S/C16H14ClNO2S2/c1-3-9(2)21-16-12(8-18)13(14(22-16)15(19)20)10-4-6-11(17)7-5-10/h4-7,9H,3H2,1-2H3,(H,19,20)/p-1/t9-/m1/s1. The molecule has 0 aliphatic carbocycles. The minimum absolute atomic E-state index is 0.0877. The van der Waals surface area contributed by atoms with Gasteiger partial charge in [-0.05, 0) is 24.1 Å². The van der Waals surface area contributed by atoms with E-state index < -0.39 is 5.97 Å². The molecule has 114 valence electrons. The number of carbonyl (C=O) groups excluding carboxylic acids is 1. The maximum atomic E-state index is 11.5. The summed E-state index contributed by atoms with van der Waals surface area (Å²) >= 11 is 8.50. The number of nitriles is 1. The first kappa shape index (κ1) is 16.9. The molecule has 0 saturated heterocycles. The van der Waals surface area contributed by atoms with Crippen molar-refractivity contribution in [2.45, 2.75) is 29.7 Å². The Balaban J connectivity index is 2.62. The van der Waals surface area contributed by atoms with E-state index in [0.717, 1.165) is 22.0 Å². The van der Waals surface area contributed by atoms with Gasteiger partial charge in [0.25, 0.3) is 0 Å². The smallest absolute Gasteiger partial charge is 0.102 e. The number of thiophene rings is 1. The third kappa shape index (κ3) is 3.46. The lowest BCUT2D eigenvalue weighted by atomic mass is 10.0. The highest BCUT2D eigenvalue weighted by Crippen LogP contribution is 2.43. The molecule has 2 aromatic rings. The van der Waals surface area contributed by atoms with E-state index >= 15 is 0 Å². The molecule has 1 aromatic heterocycles. The van der Waals surface area contributed by atoms with Crippen molar-refractivity contribution in [1.29, 1.82) is 5.26 Å². The van der Waals surface area contributed by atoms with Gasteiger partial charge in [-0.25, -0.2) is 0 Å². The number of halogens is 1. The molecule has 0 amide bonds. The Morgan fingerprint density at radius 3 is 2.59 bits per heavy atom. The summed E-state index contributed by atoms with van der Waals surface area (Å²) in [7, 11) is 0. The van der Waals surface area contributed by atoms with Gasteiger partial charge in [0.05, 0.1) is 20.6 Å². The fourth-order valence-electron chi connectivity index (χ4n) is 1.90. The molecule has 22 heavy (non-hydrogen) atoms. The second kappa shape index (κ2) is 7.19. The lowest BCUT2D eigenvalue weighted by molar-refractivity contribution is -0.254. The van der Waals surface area contributed by atoms with Gasteiger partial charge in [-0.2, -0.15) is 5.26 Å². The predicted molar refractivity (Wildman–Crippen MR) is 89.4 cm³/mol. The Hall–Kier alpha value is -1.48. The fraction of sp³-hybridized carbons (Fsp3) is 0.250. The molecule has 0 aliphatic rings. The molecule has 1 aromatic carbocycles. The molecule has 0 unspecified atom stereocenters. The summed E-state index contributed by atoms with van der Waals surface area (Å²) in [5, 5.41) is 21.8. The van der Waals surface area contributed by atoms with E-state index in [1.807, 2.05) is 6.92 Å². The summed E-state index contributed by atoms with van der Waals surface area (Å²) in [5.74, 6) is -1.26. The van der Waals surface area contributed by atoms with E-state index in [-0.39, 0.29) is 4.88 Å². The number of carbonyl (C=O) groups is 1. The van der Waals surface area contributed by atoms with Gasteiger partial charge < -0.3 is 9.90 Å². The van der Waals surface area contributed by atoms with Crippen molar-refractivity contribution in [3.05, 3.63) is 39.7 Å². The number of benzene rings is 1. The first-order valence-electron chi connectivity index (χ1n) is 6.68. The Morgan fingerprint density at radius 1 is 1.45 bits per heavy atom. The Labute approximate surface area is 142 Å². The molecule has 0 spiro atoms. The first-order chi connectivity index (χ1) is 10.5. The molecule has 0 aliphatic heterocycles. The third-order valence-corrected chi connectivity index (χ3v) is 6.10. The maximum absolute atomic E-state index is 11.5. The zero-order chi connectivity index (χ0) is 16.3. The normalized spacial score (nSPS) is 11.9. The van der Waals surface area contributed by atoms with Crippen molar-refractivity contribution in [1.82, 2.24) is 0 Å². The average molecular weight is 351 g/mol. The molecular formula is C16H13ClNO2S2-. The molecule has 6 heteroatoms. The molecule has 0 radical (unpaired) electrons. The minimum Gasteiger partial charge on any atom is -0.544 e. The van der Waals surface area contributed by atoms with Crippen LogP contribution in [0.4, 0.5) is 0 Å². The summed E-state index contributed by atoms with van der Waals surface area (Å²) in [5.41, 5.74) is 1.49. The first-order valence-corrected chi connectivity index (χ1v) is 8.76. The van der Waals surface area contributed by atoms with Crippen LogP contribution >= 0.6 is 34.7 Å². The van der Waals surface area contributed by atoms with E-state index in [9.17, 15) is 15.2 Å². The quantitative estimate of drug-likeness (QED) is 0.758. The number of hydrogen-bond acceptors (Lipinski definition) is 5. The zero-order valence-electron chi connectivity index (χ0n) is 12.1. The van der Waals surface area contributed by atoms with Crippen molar-refractivity contribution in [3.8, 4) is 17.2 Å². The van der Waals surface area contributed by atoms with Crippen LogP contribution in [0.2, 0.25) is 5.02 Å². The van der Waals surface area contributed by atoms with Crippen LogP contribution in [0.25, 0.3) is 11.1 Å². The number of thioether (sulfide) groups is 1. The highest BCUT2D eigenvalue weighted by molar-refractivity contribution is 8.01. The van der Waals surface area contributed by atoms with Crippen LogP contribution in [0.3, 0.4) is 0 Å². The van der Waals surface area contributed by atoms with Crippen LogP contribution in [0, 0.1) is 11.3 Å². The minimum atomic E-state index is -1.26. The molecular weight excluding hydrogens is 338 g/mol. The van der Waals surface area contributed by atoms with Crippen molar-refractivity contribution in [2.24, 2.45) is 0 Å². The Morgan fingerprint density at radius 2 is 2.09 bits per heavy atom. The average Bonchev–Trinajstić information content (AvgIpc) is 2.86. The highest BCUT2D eigenvalue weighted by atomic mass is 35.5. The summed E-state index contributed by atoms with van der Waals surface area (Å²) in [6, 6.07) is 8.94. The van der Waals surface area contributed by atoms with Gasteiger partial charge in [0, 0.05) is 15.8 Å². The monoisotopic (exact) mass is 350 g/mol. The number of aromatic carboxylic acids is 1. The summed E-state index contributed by atoms with van der Waals surface area (Å²) in [4.78, 5) is 11.5. The van der Waals surface area contributed by atoms with Crippen LogP contribution < -0.4 is 5.11 Å². The van der Waals surface area contributed by atoms with Crippen molar-refractivity contribution < 1.29 is 9.90 Å². The van der Waals surface area contributed by atoms with E-state index in [2.05, 4.69) is 13.0 Å². The van der Waals surface area contributed by atoms with E-state index in [1.54, 1.807) is 24.3 Å². The lowest BCUT2D eigenvalue weighted by Crippen LogP contribution is -2.21. The van der Waals surface area contributed by atoms with Crippen LogP contribution in [0.15, 0.2) is 28.5 Å². The Bertz CT molecular complexity index is 732. The fourth-order valence-corrected chi connectivity index (χ4v) is 4.60. The Kier molecular flexibility index (Phi) is 5.52. The van der Waals surface area contributed by atoms with Gasteiger partial charge in [-0.1, -0.05) is 37.6 Å². The van der Waals surface area contributed by atoms with Crippen LogP contribution in [-0.4, -0.2) is 11.2 Å². The van der Waals surface area contributed by atoms with Crippen molar-refractivity contribution in [2.75, 3.05) is 0 Å². The van der Waals surface area contributed by atoms with Gasteiger partial charge in [-0.15, -0.1) is 23.1 Å². The van der Waals surface area contributed by atoms with Crippen LogP contribution in [0.5, 0.6) is 0 Å². The number of rotatable bonds is 5. The van der Waals surface area contributed by atoms with Crippen LogP contribution in [-0.2, 0) is 0 Å². The SMILES string of the molecule is CC[C@@H](C)Sc1sc(C(=O)[O-])c(-c2ccc(Cl)cc2)c1C#N. The third-order valence-electron chi connectivity index (χ3n) is 3.19. The largest absolute Gasteiger partial charge is 0.544 e. The van der Waals surface area contributed by atoms with Gasteiger partial charge in [0.15, 0.2) is 0 Å². The molecule has 2 rings (SSSR count). The number of carboxylic acid groups (broad SMARTS) is 1.